The van der Waals surface area contributed by atoms with Gasteiger partial charge in [0.15, 0.2) is 0 Å². The van der Waals surface area contributed by atoms with Crippen molar-refractivity contribution in [3.8, 4) is 0 Å². The van der Waals surface area contributed by atoms with E-state index in [4.69, 9.17) is 4.79 Å². The lowest BCUT2D eigenvalue weighted by Gasteiger charge is -2.49. The number of benzene rings is 1. The van der Waals surface area contributed by atoms with Gasteiger partial charge >= 0.3 is 0 Å². The summed E-state index contributed by atoms with van der Waals surface area (Å²) in [5.74, 6) is 4.17. The van der Waals surface area contributed by atoms with E-state index in [-0.39, 0.29) is 0 Å². The lowest BCUT2D eigenvalue weighted by molar-refractivity contribution is -0.106. The second kappa shape index (κ2) is 9.79. The zero-order valence-corrected chi connectivity index (χ0v) is 17.9. The summed E-state index contributed by atoms with van der Waals surface area (Å²) in [6.07, 6.45) is 6.93. The highest BCUT2D eigenvalue weighted by Gasteiger charge is 2.41. The van der Waals surface area contributed by atoms with Gasteiger partial charge in [-0.15, -0.1) is 0 Å². The van der Waals surface area contributed by atoms with Crippen molar-refractivity contribution in [2.75, 3.05) is 24.6 Å². The number of nitrogens with zero attached hydrogens (tertiary/aromatic N) is 1. The van der Waals surface area contributed by atoms with Gasteiger partial charge in [-0.2, -0.15) is 11.8 Å². The SMILES string of the molecule is CC=O.CCCN1CC(CSCC)CC2c3cccc4c3C(=CNC4)CC21. The quantitative estimate of drug-likeness (QED) is 0.745. The van der Waals surface area contributed by atoms with Gasteiger partial charge < -0.3 is 10.1 Å². The molecule has 0 amide bonds. The van der Waals surface area contributed by atoms with Crippen molar-refractivity contribution in [1.82, 2.24) is 10.2 Å². The molecule has 2 aliphatic heterocycles. The molecule has 0 radical (unpaired) electrons. The first-order chi connectivity index (χ1) is 13.2. The van der Waals surface area contributed by atoms with Gasteiger partial charge in [0.2, 0.25) is 0 Å². The van der Waals surface area contributed by atoms with Gasteiger partial charge in [-0.3, -0.25) is 4.90 Å². The summed E-state index contributed by atoms with van der Waals surface area (Å²) in [4.78, 5) is 11.6. The van der Waals surface area contributed by atoms with Crippen LogP contribution in [0.2, 0.25) is 0 Å². The van der Waals surface area contributed by atoms with Gasteiger partial charge in [0.05, 0.1) is 0 Å². The highest BCUT2D eigenvalue weighted by Crippen LogP contribution is 2.48. The van der Waals surface area contributed by atoms with Crippen LogP contribution in [0.3, 0.4) is 0 Å². The molecule has 3 aliphatic rings. The summed E-state index contributed by atoms with van der Waals surface area (Å²) in [5.41, 5.74) is 6.30. The summed E-state index contributed by atoms with van der Waals surface area (Å²) >= 11 is 2.13. The Morgan fingerprint density at radius 3 is 2.89 bits per heavy atom. The third-order valence-electron chi connectivity index (χ3n) is 5.98. The molecule has 4 rings (SSSR count). The smallest absolute Gasteiger partial charge is 0.116 e. The summed E-state index contributed by atoms with van der Waals surface area (Å²) < 4.78 is 0. The summed E-state index contributed by atoms with van der Waals surface area (Å²) in [6, 6.07) is 7.74. The molecule has 0 spiro atoms. The van der Waals surface area contributed by atoms with E-state index in [1.54, 1.807) is 16.7 Å². The Morgan fingerprint density at radius 2 is 2.15 bits per heavy atom. The Morgan fingerprint density at radius 1 is 1.33 bits per heavy atom. The van der Waals surface area contributed by atoms with Crippen LogP contribution in [0.4, 0.5) is 0 Å². The lowest BCUT2D eigenvalue weighted by Crippen LogP contribution is -2.50. The summed E-state index contributed by atoms with van der Waals surface area (Å²) in [6.45, 7) is 9.62. The second-order valence-electron chi connectivity index (χ2n) is 7.80. The van der Waals surface area contributed by atoms with E-state index in [9.17, 15) is 0 Å². The van der Waals surface area contributed by atoms with Crippen LogP contribution in [0.25, 0.3) is 5.57 Å². The van der Waals surface area contributed by atoms with Crippen molar-refractivity contribution in [2.45, 2.75) is 58.5 Å². The molecule has 148 valence electrons. The minimum Gasteiger partial charge on any atom is -0.387 e. The number of carbonyl (C=O) groups is 1. The Balaban J connectivity index is 0.000000659. The number of hydrogen-bond acceptors (Lipinski definition) is 4. The molecule has 27 heavy (non-hydrogen) atoms. The van der Waals surface area contributed by atoms with Crippen LogP contribution in [0.15, 0.2) is 24.4 Å². The van der Waals surface area contributed by atoms with Crippen molar-refractivity contribution in [1.29, 1.82) is 0 Å². The number of fused-ring (bicyclic) bond motifs is 2. The van der Waals surface area contributed by atoms with E-state index in [2.05, 4.69) is 60.2 Å². The molecular formula is C23H34N2OS. The molecule has 3 atom stereocenters. The van der Waals surface area contributed by atoms with Gasteiger partial charge in [-0.1, -0.05) is 32.0 Å². The lowest BCUT2D eigenvalue weighted by atomic mass is 9.69. The number of hydrogen-bond donors (Lipinski definition) is 1. The molecule has 4 heteroatoms. The fraction of sp³-hybridized carbons (Fsp3) is 0.609. The molecule has 0 bridgehead atoms. The number of piperidine rings is 1. The predicted octanol–water partition coefficient (Wildman–Crippen LogP) is 4.68. The molecular weight excluding hydrogens is 352 g/mol. The number of likely N-dealkylation sites (tertiary alicyclic amines) is 1. The van der Waals surface area contributed by atoms with E-state index in [0.29, 0.717) is 6.04 Å². The van der Waals surface area contributed by atoms with Crippen molar-refractivity contribution >= 4 is 23.6 Å². The van der Waals surface area contributed by atoms with E-state index < -0.39 is 0 Å². The van der Waals surface area contributed by atoms with E-state index in [1.807, 2.05) is 0 Å². The van der Waals surface area contributed by atoms with Crippen molar-refractivity contribution in [3.63, 3.8) is 0 Å². The fourth-order valence-corrected chi connectivity index (χ4v) is 5.89. The first-order valence-corrected chi connectivity index (χ1v) is 11.6. The van der Waals surface area contributed by atoms with Gasteiger partial charge in [0, 0.05) is 31.2 Å². The van der Waals surface area contributed by atoms with Crippen LogP contribution in [-0.4, -0.2) is 41.8 Å². The first kappa shape index (κ1) is 20.5. The molecule has 0 saturated carbocycles. The number of nitrogens with one attached hydrogen (secondary N) is 1. The van der Waals surface area contributed by atoms with Gasteiger partial charge in [-0.05, 0) is 72.4 Å². The molecule has 1 aliphatic carbocycles. The normalized spacial score (nSPS) is 25.9. The third kappa shape index (κ3) is 4.43. The molecule has 3 unspecified atom stereocenters. The van der Waals surface area contributed by atoms with Gasteiger partial charge in [0.1, 0.15) is 6.29 Å². The van der Waals surface area contributed by atoms with Crippen LogP contribution >= 0.6 is 11.8 Å². The van der Waals surface area contributed by atoms with Crippen LogP contribution in [-0.2, 0) is 11.3 Å². The number of aldehydes is 1. The fourth-order valence-electron chi connectivity index (χ4n) is 5.08. The maximum Gasteiger partial charge on any atom is 0.116 e. The van der Waals surface area contributed by atoms with Crippen LogP contribution in [0.5, 0.6) is 0 Å². The molecule has 3 nitrogen and oxygen atoms in total. The molecule has 2 heterocycles. The molecule has 1 N–H and O–H groups in total. The predicted molar refractivity (Wildman–Crippen MR) is 117 cm³/mol. The Bertz CT molecular complexity index is 672. The average Bonchev–Trinajstić information content (AvgIpc) is 2.68. The molecule has 1 aromatic rings. The third-order valence-corrected chi connectivity index (χ3v) is 7.10. The van der Waals surface area contributed by atoms with Crippen LogP contribution in [0.1, 0.15) is 62.6 Å². The Kier molecular flexibility index (Phi) is 7.42. The Hall–Kier alpha value is -1.26. The highest BCUT2D eigenvalue weighted by atomic mass is 32.2. The van der Waals surface area contributed by atoms with E-state index in [0.717, 1.165) is 24.7 Å². The van der Waals surface area contributed by atoms with Gasteiger partial charge in [0.25, 0.3) is 0 Å². The minimum absolute atomic E-state index is 0.710. The molecule has 1 saturated heterocycles. The summed E-state index contributed by atoms with van der Waals surface area (Å²) in [5, 5.41) is 3.50. The maximum atomic E-state index is 8.81. The number of thioether (sulfide) groups is 1. The Labute approximate surface area is 169 Å². The first-order valence-electron chi connectivity index (χ1n) is 10.5. The molecule has 0 aromatic heterocycles. The zero-order chi connectivity index (χ0) is 19.2. The van der Waals surface area contributed by atoms with E-state index in [1.165, 1.54) is 56.3 Å². The number of rotatable bonds is 5. The van der Waals surface area contributed by atoms with Crippen LogP contribution in [0, 0.1) is 5.92 Å². The van der Waals surface area contributed by atoms with Crippen molar-refractivity contribution < 1.29 is 4.79 Å². The van der Waals surface area contributed by atoms with E-state index >= 15 is 0 Å². The van der Waals surface area contributed by atoms with Crippen molar-refractivity contribution in [2.24, 2.45) is 5.92 Å². The molecule has 1 aromatic carbocycles. The number of carbonyl (C=O) groups excluding carboxylic acids is 1. The summed E-state index contributed by atoms with van der Waals surface area (Å²) in [7, 11) is 0. The topological polar surface area (TPSA) is 32.3 Å². The second-order valence-corrected chi connectivity index (χ2v) is 9.12. The van der Waals surface area contributed by atoms with Crippen molar-refractivity contribution in [3.05, 3.63) is 41.1 Å². The largest absolute Gasteiger partial charge is 0.387 e. The monoisotopic (exact) mass is 386 g/mol. The standard InChI is InChI=1S/C21H30N2S.C2H4O/c1-3-8-23-13-15(14-24-4-2)9-19-18-7-5-6-16-11-22-12-17(21(16)18)10-20(19)23;1-2-3/h5-7,12,15,19-20,22H,3-4,8-11,13-14H2,1-2H3;2H,1H3. The zero-order valence-electron chi connectivity index (χ0n) is 17.0. The minimum atomic E-state index is 0.710. The highest BCUT2D eigenvalue weighted by molar-refractivity contribution is 7.99. The average molecular weight is 387 g/mol. The van der Waals surface area contributed by atoms with Gasteiger partial charge in [-0.25, -0.2) is 0 Å². The maximum absolute atomic E-state index is 8.81. The van der Waals surface area contributed by atoms with Crippen LogP contribution < -0.4 is 5.32 Å². The molecule has 1 fully saturated rings.